The molecule has 0 aromatic heterocycles. The molecular formula is C15H20F2N2. The molecule has 1 aromatic rings. The maximum Gasteiger partial charge on any atom is 0.163 e. The Bertz CT molecular complexity index is 446. The molecule has 2 aliphatic rings. The van der Waals surface area contributed by atoms with Crippen molar-refractivity contribution in [3.05, 3.63) is 35.4 Å². The Morgan fingerprint density at radius 1 is 1.21 bits per heavy atom. The van der Waals surface area contributed by atoms with E-state index < -0.39 is 11.6 Å². The Hall–Kier alpha value is -1.00. The third kappa shape index (κ3) is 3.12. The summed E-state index contributed by atoms with van der Waals surface area (Å²) in [5.41, 5.74) is 0.414. The highest BCUT2D eigenvalue weighted by molar-refractivity contribution is 5.18. The number of likely N-dealkylation sites (tertiary alicyclic amines) is 1. The lowest BCUT2D eigenvalue weighted by Gasteiger charge is -2.15. The van der Waals surface area contributed by atoms with E-state index in [0.29, 0.717) is 18.0 Å². The summed E-state index contributed by atoms with van der Waals surface area (Å²) < 4.78 is 26.5. The Labute approximate surface area is 112 Å². The molecule has 1 unspecified atom stereocenters. The second-order valence-electron chi connectivity index (χ2n) is 5.72. The SMILES string of the molecule is Fc1cccc(CNCC2CCN(C3CC3)C2)c1F. The first-order chi connectivity index (χ1) is 9.24. The zero-order chi connectivity index (χ0) is 13.2. The molecule has 3 rings (SSSR count). The number of nitrogens with zero attached hydrogens (tertiary/aromatic N) is 1. The summed E-state index contributed by atoms with van der Waals surface area (Å²) in [6.45, 7) is 3.65. The van der Waals surface area contributed by atoms with E-state index in [4.69, 9.17) is 0 Å². The summed E-state index contributed by atoms with van der Waals surface area (Å²) >= 11 is 0. The lowest BCUT2D eigenvalue weighted by atomic mass is 10.1. The normalized spacial score (nSPS) is 24.0. The van der Waals surface area contributed by atoms with Crippen molar-refractivity contribution in [2.24, 2.45) is 5.92 Å². The summed E-state index contributed by atoms with van der Waals surface area (Å²) in [6.07, 6.45) is 3.93. The van der Waals surface area contributed by atoms with Gasteiger partial charge in [-0.15, -0.1) is 0 Å². The van der Waals surface area contributed by atoms with Crippen LogP contribution in [0.1, 0.15) is 24.8 Å². The van der Waals surface area contributed by atoms with Gasteiger partial charge in [0.05, 0.1) is 0 Å². The molecule has 2 nitrogen and oxygen atoms in total. The Balaban J connectivity index is 1.44. The lowest BCUT2D eigenvalue weighted by molar-refractivity contribution is 0.311. The van der Waals surface area contributed by atoms with E-state index >= 15 is 0 Å². The van der Waals surface area contributed by atoms with Crippen LogP contribution in [0.15, 0.2) is 18.2 Å². The van der Waals surface area contributed by atoms with E-state index in [2.05, 4.69) is 10.2 Å². The molecule has 1 aliphatic carbocycles. The molecule has 1 N–H and O–H groups in total. The third-order valence-electron chi connectivity index (χ3n) is 4.16. The van der Waals surface area contributed by atoms with Crippen molar-refractivity contribution in [1.82, 2.24) is 10.2 Å². The Morgan fingerprint density at radius 2 is 2.05 bits per heavy atom. The second-order valence-corrected chi connectivity index (χ2v) is 5.72. The third-order valence-corrected chi connectivity index (χ3v) is 4.16. The smallest absolute Gasteiger partial charge is 0.163 e. The van der Waals surface area contributed by atoms with Crippen molar-refractivity contribution in [3.8, 4) is 0 Å². The number of hydrogen-bond acceptors (Lipinski definition) is 2. The van der Waals surface area contributed by atoms with Crippen LogP contribution in [-0.2, 0) is 6.54 Å². The predicted octanol–water partition coefficient (Wildman–Crippen LogP) is 2.54. The van der Waals surface area contributed by atoms with Crippen molar-refractivity contribution < 1.29 is 8.78 Å². The largest absolute Gasteiger partial charge is 0.312 e. The molecule has 19 heavy (non-hydrogen) atoms. The van der Waals surface area contributed by atoms with E-state index in [1.54, 1.807) is 12.1 Å². The average molecular weight is 266 g/mol. The highest BCUT2D eigenvalue weighted by atomic mass is 19.2. The summed E-state index contributed by atoms with van der Waals surface area (Å²) in [4.78, 5) is 2.56. The van der Waals surface area contributed by atoms with Gasteiger partial charge in [-0.1, -0.05) is 12.1 Å². The molecule has 0 radical (unpaired) electrons. The molecule has 4 heteroatoms. The van der Waals surface area contributed by atoms with Gasteiger partial charge in [-0.05, 0) is 44.3 Å². The molecule has 1 aliphatic heterocycles. The first kappa shape index (κ1) is 13.0. The van der Waals surface area contributed by atoms with Crippen molar-refractivity contribution in [2.75, 3.05) is 19.6 Å². The minimum atomic E-state index is -0.764. The van der Waals surface area contributed by atoms with Gasteiger partial charge in [0.15, 0.2) is 11.6 Å². The zero-order valence-electron chi connectivity index (χ0n) is 11.0. The summed E-state index contributed by atoms with van der Waals surface area (Å²) in [6, 6.07) is 5.19. The average Bonchev–Trinajstić information content (AvgIpc) is 3.15. The quantitative estimate of drug-likeness (QED) is 0.881. The minimum Gasteiger partial charge on any atom is -0.312 e. The van der Waals surface area contributed by atoms with Crippen LogP contribution in [-0.4, -0.2) is 30.6 Å². The van der Waals surface area contributed by atoms with Gasteiger partial charge in [0.2, 0.25) is 0 Å². The van der Waals surface area contributed by atoms with Gasteiger partial charge in [0, 0.05) is 24.7 Å². The monoisotopic (exact) mass is 266 g/mol. The van der Waals surface area contributed by atoms with Crippen molar-refractivity contribution >= 4 is 0 Å². The summed E-state index contributed by atoms with van der Waals surface area (Å²) in [5, 5.41) is 3.26. The van der Waals surface area contributed by atoms with Crippen LogP contribution < -0.4 is 5.32 Å². The van der Waals surface area contributed by atoms with Gasteiger partial charge < -0.3 is 10.2 Å². The van der Waals surface area contributed by atoms with Crippen LogP contribution in [0.5, 0.6) is 0 Å². The number of nitrogens with one attached hydrogen (secondary N) is 1. The van der Waals surface area contributed by atoms with Gasteiger partial charge in [-0.25, -0.2) is 8.78 Å². The van der Waals surface area contributed by atoms with Crippen molar-refractivity contribution in [3.63, 3.8) is 0 Å². The molecule has 1 atom stereocenters. The molecule has 104 valence electrons. The van der Waals surface area contributed by atoms with E-state index in [1.165, 1.54) is 25.8 Å². The Kier molecular flexibility index (Phi) is 3.80. The molecular weight excluding hydrogens is 246 g/mol. The van der Waals surface area contributed by atoms with Gasteiger partial charge >= 0.3 is 0 Å². The van der Waals surface area contributed by atoms with Gasteiger partial charge in [0.25, 0.3) is 0 Å². The zero-order valence-corrected chi connectivity index (χ0v) is 11.0. The van der Waals surface area contributed by atoms with Crippen LogP contribution >= 0.6 is 0 Å². The first-order valence-electron chi connectivity index (χ1n) is 7.11. The van der Waals surface area contributed by atoms with Gasteiger partial charge in [-0.2, -0.15) is 0 Å². The maximum absolute atomic E-state index is 13.5. The molecule has 0 amide bonds. The highest BCUT2D eigenvalue weighted by Crippen LogP contribution is 2.31. The minimum absolute atomic E-state index is 0.406. The fourth-order valence-corrected chi connectivity index (χ4v) is 2.90. The van der Waals surface area contributed by atoms with Gasteiger partial charge in [0.1, 0.15) is 0 Å². The molecule has 2 fully saturated rings. The second kappa shape index (κ2) is 5.55. The van der Waals surface area contributed by atoms with E-state index in [0.717, 1.165) is 25.2 Å². The maximum atomic E-state index is 13.5. The van der Waals surface area contributed by atoms with Crippen LogP contribution in [0, 0.1) is 17.6 Å². The summed E-state index contributed by atoms with van der Waals surface area (Å²) in [7, 11) is 0. The standard InChI is InChI=1S/C15H20F2N2/c16-14-3-1-2-12(15(14)17)9-18-8-11-6-7-19(10-11)13-4-5-13/h1-3,11,13,18H,4-10H2. The fraction of sp³-hybridized carbons (Fsp3) is 0.600. The number of benzene rings is 1. The molecule has 0 spiro atoms. The predicted molar refractivity (Wildman–Crippen MR) is 70.8 cm³/mol. The van der Waals surface area contributed by atoms with Gasteiger partial charge in [-0.3, -0.25) is 0 Å². The molecule has 1 aromatic carbocycles. The molecule has 1 saturated carbocycles. The van der Waals surface area contributed by atoms with E-state index in [1.807, 2.05) is 0 Å². The summed E-state index contributed by atoms with van der Waals surface area (Å²) in [5.74, 6) is -0.835. The van der Waals surface area contributed by atoms with Crippen LogP contribution in [0.25, 0.3) is 0 Å². The topological polar surface area (TPSA) is 15.3 Å². The van der Waals surface area contributed by atoms with E-state index in [-0.39, 0.29) is 0 Å². The van der Waals surface area contributed by atoms with Crippen molar-refractivity contribution in [2.45, 2.75) is 31.8 Å². The van der Waals surface area contributed by atoms with E-state index in [9.17, 15) is 8.78 Å². The number of rotatable bonds is 5. The Morgan fingerprint density at radius 3 is 2.84 bits per heavy atom. The van der Waals surface area contributed by atoms with Crippen LogP contribution in [0.4, 0.5) is 8.78 Å². The number of halogens is 2. The van der Waals surface area contributed by atoms with Crippen molar-refractivity contribution in [1.29, 1.82) is 0 Å². The van der Waals surface area contributed by atoms with Crippen LogP contribution in [0.2, 0.25) is 0 Å². The van der Waals surface area contributed by atoms with Crippen LogP contribution in [0.3, 0.4) is 0 Å². The molecule has 1 heterocycles. The number of hydrogen-bond donors (Lipinski definition) is 1. The molecule has 0 bridgehead atoms. The molecule has 1 saturated heterocycles. The highest BCUT2D eigenvalue weighted by Gasteiger charge is 2.33. The fourth-order valence-electron chi connectivity index (χ4n) is 2.90. The first-order valence-corrected chi connectivity index (χ1v) is 7.11. The lowest BCUT2D eigenvalue weighted by Crippen LogP contribution is -2.27.